The third-order valence-corrected chi connectivity index (χ3v) is 5.24. The Balaban J connectivity index is 2.05. The molecule has 0 bridgehead atoms. The fraction of sp³-hybridized carbons (Fsp3) is 0.238. The minimum atomic E-state index is -0.338. The average molecular weight is 402 g/mol. The van der Waals surface area contributed by atoms with Crippen LogP contribution in [0.5, 0.6) is 5.75 Å². The fourth-order valence-electron chi connectivity index (χ4n) is 2.84. The van der Waals surface area contributed by atoms with Crippen LogP contribution in [0, 0.1) is 0 Å². The number of benzene rings is 2. The van der Waals surface area contributed by atoms with Crippen molar-refractivity contribution in [3.05, 3.63) is 64.0 Å². The molecule has 27 heavy (non-hydrogen) atoms. The smallest absolute Gasteiger partial charge is 0.272 e. The van der Waals surface area contributed by atoms with Crippen molar-refractivity contribution in [2.75, 3.05) is 11.5 Å². The lowest BCUT2D eigenvalue weighted by atomic mass is 10.1. The molecular weight excluding hydrogens is 382 g/mol. The van der Waals surface area contributed by atoms with Crippen LogP contribution in [0.3, 0.4) is 0 Å². The maximum absolute atomic E-state index is 13.2. The Kier molecular flexibility index (Phi) is 5.92. The third kappa shape index (κ3) is 4.04. The highest BCUT2D eigenvalue weighted by molar-refractivity contribution is 8.04. The molecule has 0 aromatic heterocycles. The Morgan fingerprint density at radius 2 is 1.78 bits per heavy atom. The highest BCUT2D eigenvalue weighted by Gasteiger charge is 2.40. The van der Waals surface area contributed by atoms with Crippen LogP contribution in [0.1, 0.15) is 26.3 Å². The first-order valence-electron chi connectivity index (χ1n) is 8.71. The first kappa shape index (κ1) is 19.5. The number of imide groups is 1. The molecule has 0 spiro atoms. The van der Waals surface area contributed by atoms with Crippen LogP contribution in [0.25, 0.3) is 5.57 Å². The van der Waals surface area contributed by atoms with Gasteiger partial charge in [-0.05, 0) is 42.8 Å². The van der Waals surface area contributed by atoms with E-state index >= 15 is 0 Å². The van der Waals surface area contributed by atoms with E-state index in [1.54, 1.807) is 24.3 Å². The quantitative estimate of drug-likeness (QED) is 0.627. The fourth-order valence-corrected chi connectivity index (χ4v) is 4.01. The molecule has 1 aliphatic rings. The number of hydrogen-bond donors (Lipinski definition) is 0. The first-order valence-corrected chi connectivity index (χ1v) is 9.96. The lowest BCUT2D eigenvalue weighted by molar-refractivity contribution is -0.119. The maximum Gasteiger partial charge on any atom is 0.272 e. The molecule has 0 saturated carbocycles. The molecule has 140 valence electrons. The van der Waals surface area contributed by atoms with E-state index in [0.717, 1.165) is 5.75 Å². The number of carbonyl (C=O) groups excluding carboxylic acids is 2. The summed E-state index contributed by atoms with van der Waals surface area (Å²) in [5.74, 6) is 0.0720. The predicted octanol–water partition coefficient (Wildman–Crippen LogP) is 5.16. The summed E-state index contributed by atoms with van der Waals surface area (Å²) in [4.78, 5) is 27.9. The topological polar surface area (TPSA) is 46.6 Å². The van der Waals surface area contributed by atoms with Crippen LogP contribution in [-0.4, -0.2) is 23.7 Å². The van der Waals surface area contributed by atoms with Gasteiger partial charge in [-0.2, -0.15) is 0 Å². The van der Waals surface area contributed by atoms with E-state index in [0.29, 0.717) is 33.4 Å². The van der Waals surface area contributed by atoms with Gasteiger partial charge in [0.2, 0.25) is 0 Å². The summed E-state index contributed by atoms with van der Waals surface area (Å²) in [7, 11) is 0. The van der Waals surface area contributed by atoms with Gasteiger partial charge in [0.25, 0.3) is 11.8 Å². The molecular formula is C21H20ClNO3S. The van der Waals surface area contributed by atoms with Crippen LogP contribution in [0.15, 0.2) is 53.4 Å². The average Bonchev–Trinajstić information content (AvgIpc) is 2.86. The van der Waals surface area contributed by atoms with E-state index in [1.165, 1.54) is 16.7 Å². The van der Waals surface area contributed by atoms with Gasteiger partial charge < -0.3 is 4.74 Å². The van der Waals surface area contributed by atoms with Crippen molar-refractivity contribution in [2.24, 2.45) is 0 Å². The lowest BCUT2D eigenvalue weighted by Crippen LogP contribution is -2.31. The Morgan fingerprint density at radius 3 is 2.37 bits per heavy atom. The second-order valence-electron chi connectivity index (χ2n) is 6.25. The molecule has 0 N–H and O–H groups in total. The van der Waals surface area contributed by atoms with Crippen molar-refractivity contribution in [3.8, 4) is 5.75 Å². The number of amides is 2. The van der Waals surface area contributed by atoms with Crippen LogP contribution in [0.2, 0.25) is 5.02 Å². The number of carbonyl (C=O) groups is 2. The zero-order chi connectivity index (χ0) is 19.6. The van der Waals surface area contributed by atoms with Crippen LogP contribution >= 0.6 is 23.4 Å². The molecule has 1 heterocycles. The van der Waals surface area contributed by atoms with E-state index in [1.807, 2.05) is 45.0 Å². The van der Waals surface area contributed by atoms with Gasteiger partial charge in [0.15, 0.2) is 0 Å². The number of ether oxygens (including phenoxy) is 1. The predicted molar refractivity (Wildman–Crippen MR) is 111 cm³/mol. The van der Waals surface area contributed by atoms with E-state index < -0.39 is 0 Å². The molecule has 6 heteroatoms. The summed E-state index contributed by atoms with van der Waals surface area (Å²) in [5, 5.41) is 0.634. The van der Waals surface area contributed by atoms with Gasteiger partial charge in [0.1, 0.15) is 5.75 Å². The number of halogens is 1. The summed E-state index contributed by atoms with van der Waals surface area (Å²) in [5.41, 5.74) is 1.59. The number of rotatable bonds is 6. The van der Waals surface area contributed by atoms with Crippen molar-refractivity contribution >= 4 is 46.4 Å². The van der Waals surface area contributed by atoms with Crippen LogP contribution in [-0.2, 0) is 9.59 Å². The molecule has 0 radical (unpaired) electrons. The number of nitrogens with zero attached hydrogens (tertiary/aromatic N) is 1. The second kappa shape index (κ2) is 8.19. The highest BCUT2D eigenvalue weighted by Crippen LogP contribution is 2.40. The summed E-state index contributed by atoms with van der Waals surface area (Å²) in [6, 6.07) is 14.0. The highest BCUT2D eigenvalue weighted by atomic mass is 35.5. The summed E-state index contributed by atoms with van der Waals surface area (Å²) < 4.78 is 5.47. The zero-order valence-electron chi connectivity index (χ0n) is 15.4. The SMILES string of the molecule is CCOc1ccc(C2=C(SC(C)C)C(=O)N(c3cccc(Cl)c3)C2=O)cc1. The normalized spacial score (nSPS) is 14.5. The Morgan fingerprint density at radius 1 is 1.07 bits per heavy atom. The van der Waals surface area contributed by atoms with E-state index in [-0.39, 0.29) is 17.1 Å². The van der Waals surface area contributed by atoms with Crippen molar-refractivity contribution < 1.29 is 14.3 Å². The van der Waals surface area contributed by atoms with Gasteiger partial charge >= 0.3 is 0 Å². The van der Waals surface area contributed by atoms with E-state index in [9.17, 15) is 9.59 Å². The van der Waals surface area contributed by atoms with Crippen molar-refractivity contribution in [2.45, 2.75) is 26.0 Å². The second-order valence-corrected chi connectivity index (χ2v) is 8.28. The summed E-state index contributed by atoms with van der Waals surface area (Å²) in [6.07, 6.45) is 0. The molecule has 0 fully saturated rings. The van der Waals surface area contributed by atoms with Gasteiger partial charge in [-0.1, -0.05) is 43.6 Å². The van der Waals surface area contributed by atoms with Crippen molar-refractivity contribution in [3.63, 3.8) is 0 Å². The lowest BCUT2D eigenvalue weighted by Gasteiger charge is -2.15. The molecule has 0 aliphatic carbocycles. The minimum Gasteiger partial charge on any atom is -0.494 e. The molecule has 4 nitrogen and oxygen atoms in total. The standard InChI is InChI=1S/C21H20ClNO3S/c1-4-26-17-10-8-14(9-11-17)18-19(27-13(2)3)21(25)23(20(18)24)16-7-5-6-15(22)12-16/h5-13H,4H2,1-3H3. The molecule has 0 saturated heterocycles. The monoisotopic (exact) mass is 401 g/mol. The first-order chi connectivity index (χ1) is 12.9. The number of thioether (sulfide) groups is 1. The molecule has 2 amide bonds. The van der Waals surface area contributed by atoms with Gasteiger partial charge in [-0.25, -0.2) is 4.90 Å². The van der Waals surface area contributed by atoms with Gasteiger partial charge in [-0.3, -0.25) is 9.59 Å². The summed E-state index contributed by atoms with van der Waals surface area (Å²) >= 11 is 7.46. The largest absolute Gasteiger partial charge is 0.494 e. The maximum atomic E-state index is 13.2. The molecule has 3 rings (SSSR count). The molecule has 0 unspecified atom stereocenters. The number of hydrogen-bond acceptors (Lipinski definition) is 4. The van der Waals surface area contributed by atoms with Crippen LogP contribution in [0.4, 0.5) is 5.69 Å². The minimum absolute atomic E-state index is 0.161. The van der Waals surface area contributed by atoms with Crippen molar-refractivity contribution in [1.29, 1.82) is 0 Å². The van der Waals surface area contributed by atoms with E-state index in [2.05, 4.69) is 0 Å². The Hall–Kier alpha value is -2.24. The number of anilines is 1. The molecule has 0 atom stereocenters. The van der Waals surface area contributed by atoms with Crippen molar-refractivity contribution in [1.82, 2.24) is 0 Å². The molecule has 2 aromatic rings. The Bertz CT molecular complexity index is 906. The van der Waals surface area contributed by atoms with Crippen LogP contribution < -0.4 is 9.64 Å². The van der Waals surface area contributed by atoms with Gasteiger partial charge in [0.05, 0.1) is 22.8 Å². The van der Waals surface area contributed by atoms with E-state index in [4.69, 9.17) is 16.3 Å². The molecule has 2 aromatic carbocycles. The third-order valence-electron chi connectivity index (χ3n) is 3.92. The van der Waals surface area contributed by atoms with Gasteiger partial charge in [-0.15, -0.1) is 11.8 Å². The van der Waals surface area contributed by atoms with Gasteiger partial charge in [0, 0.05) is 10.3 Å². The zero-order valence-corrected chi connectivity index (χ0v) is 16.9. The Labute approximate surface area is 168 Å². The molecule has 1 aliphatic heterocycles. The summed E-state index contributed by atoms with van der Waals surface area (Å²) in [6.45, 7) is 6.47.